The van der Waals surface area contributed by atoms with Crippen molar-refractivity contribution >= 4 is 11.9 Å². The van der Waals surface area contributed by atoms with E-state index in [1.165, 1.54) is 49.3 Å². The van der Waals surface area contributed by atoms with E-state index in [2.05, 4.69) is 29.2 Å². The number of nitrogens with zero attached hydrogens (tertiary/aromatic N) is 3. The molecule has 1 aromatic heterocycles. The minimum atomic E-state index is -0.470. The van der Waals surface area contributed by atoms with E-state index in [0.29, 0.717) is 0 Å². The fraction of sp³-hybridized carbons (Fsp3) is 0.762. The SMILES string of the molecule is CCCCCN(CCCCC)CC(C)NC(=O)c1cc(C(=O)OCC)n(C)n1. The van der Waals surface area contributed by atoms with Crippen molar-refractivity contribution in [1.82, 2.24) is 20.0 Å². The van der Waals surface area contributed by atoms with Crippen LogP contribution in [-0.4, -0.2) is 58.8 Å². The summed E-state index contributed by atoms with van der Waals surface area (Å²) in [6.07, 6.45) is 7.25. The normalized spacial score (nSPS) is 12.2. The van der Waals surface area contributed by atoms with Gasteiger partial charge in [-0.1, -0.05) is 39.5 Å². The Bertz CT molecular complexity index is 590. The number of esters is 1. The van der Waals surface area contributed by atoms with Crippen molar-refractivity contribution in [2.24, 2.45) is 7.05 Å². The topological polar surface area (TPSA) is 76.5 Å². The molecule has 1 atom stereocenters. The summed E-state index contributed by atoms with van der Waals surface area (Å²) >= 11 is 0. The molecule has 0 fully saturated rings. The van der Waals surface area contributed by atoms with E-state index < -0.39 is 5.97 Å². The number of nitrogens with one attached hydrogen (secondary N) is 1. The number of aryl methyl sites for hydroxylation is 1. The Morgan fingerprint density at radius 1 is 1.14 bits per heavy atom. The van der Waals surface area contributed by atoms with Gasteiger partial charge < -0.3 is 15.0 Å². The molecule has 0 aromatic carbocycles. The molecule has 1 heterocycles. The minimum Gasteiger partial charge on any atom is -0.461 e. The molecule has 28 heavy (non-hydrogen) atoms. The highest BCUT2D eigenvalue weighted by molar-refractivity contribution is 5.96. The number of carbonyl (C=O) groups excluding carboxylic acids is 2. The Morgan fingerprint density at radius 2 is 1.75 bits per heavy atom. The fourth-order valence-electron chi connectivity index (χ4n) is 3.17. The third-order valence-electron chi connectivity index (χ3n) is 4.66. The second-order valence-electron chi connectivity index (χ2n) is 7.35. The maximum absolute atomic E-state index is 12.5. The van der Waals surface area contributed by atoms with Gasteiger partial charge in [-0.25, -0.2) is 4.79 Å². The first kappa shape index (κ1) is 24.1. The van der Waals surface area contributed by atoms with E-state index in [4.69, 9.17) is 4.74 Å². The zero-order valence-corrected chi connectivity index (χ0v) is 18.3. The molecular weight excluding hydrogens is 356 g/mol. The molecule has 7 heteroatoms. The fourth-order valence-corrected chi connectivity index (χ4v) is 3.17. The van der Waals surface area contributed by atoms with Gasteiger partial charge >= 0.3 is 5.97 Å². The van der Waals surface area contributed by atoms with E-state index in [-0.39, 0.29) is 29.9 Å². The lowest BCUT2D eigenvalue weighted by Crippen LogP contribution is -2.42. The summed E-state index contributed by atoms with van der Waals surface area (Å²) in [6.45, 7) is 11.4. The predicted molar refractivity (Wildman–Crippen MR) is 112 cm³/mol. The molecule has 0 aliphatic carbocycles. The van der Waals surface area contributed by atoms with Gasteiger partial charge in [-0.3, -0.25) is 9.48 Å². The summed E-state index contributed by atoms with van der Waals surface area (Å²) in [5, 5.41) is 7.17. The lowest BCUT2D eigenvalue weighted by atomic mass is 10.2. The van der Waals surface area contributed by atoms with Gasteiger partial charge in [-0.2, -0.15) is 5.10 Å². The van der Waals surface area contributed by atoms with Crippen LogP contribution in [0, 0.1) is 0 Å². The molecule has 1 rings (SSSR count). The molecular formula is C21H38N4O3. The quantitative estimate of drug-likeness (QED) is 0.387. The van der Waals surface area contributed by atoms with Gasteiger partial charge in [0.2, 0.25) is 0 Å². The monoisotopic (exact) mass is 394 g/mol. The Kier molecular flexibility index (Phi) is 11.5. The van der Waals surface area contributed by atoms with Crippen LogP contribution >= 0.6 is 0 Å². The molecule has 0 radical (unpaired) electrons. The number of hydrogen-bond acceptors (Lipinski definition) is 5. The maximum Gasteiger partial charge on any atom is 0.356 e. The highest BCUT2D eigenvalue weighted by Crippen LogP contribution is 2.07. The Hall–Kier alpha value is -1.89. The van der Waals surface area contributed by atoms with Gasteiger partial charge in [-0.15, -0.1) is 0 Å². The highest BCUT2D eigenvalue weighted by atomic mass is 16.5. The summed E-state index contributed by atoms with van der Waals surface area (Å²) < 4.78 is 6.38. The van der Waals surface area contributed by atoms with Crippen LogP contribution in [0.3, 0.4) is 0 Å². The van der Waals surface area contributed by atoms with Gasteiger partial charge in [0, 0.05) is 25.7 Å². The molecule has 0 saturated carbocycles. The molecule has 1 amide bonds. The first-order valence-corrected chi connectivity index (χ1v) is 10.7. The third kappa shape index (κ3) is 8.42. The van der Waals surface area contributed by atoms with Crippen LogP contribution in [0.25, 0.3) is 0 Å². The highest BCUT2D eigenvalue weighted by Gasteiger charge is 2.20. The molecule has 1 N–H and O–H groups in total. The number of aromatic nitrogens is 2. The number of hydrogen-bond donors (Lipinski definition) is 1. The molecule has 0 bridgehead atoms. The van der Waals surface area contributed by atoms with Crippen molar-refractivity contribution in [2.45, 2.75) is 72.3 Å². The van der Waals surface area contributed by atoms with E-state index in [1.54, 1.807) is 14.0 Å². The molecule has 0 aliphatic heterocycles. The molecule has 0 saturated heterocycles. The summed E-state index contributed by atoms with van der Waals surface area (Å²) in [4.78, 5) is 26.9. The zero-order chi connectivity index (χ0) is 20.9. The number of amides is 1. The zero-order valence-electron chi connectivity index (χ0n) is 18.3. The van der Waals surface area contributed by atoms with Crippen LogP contribution < -0.4 is 5.32 Å². The number of rotatable bonds is 14. The molecule has 1 unspecified atom stereocenters. The van der Waals surface area contributed by atoms with Crippen molar-refractivity contribution in [3.8, 4) is 0 Å². The van der Waals surface area contributed by atoms with Crippen LogP contribution in [0.15, 0.2) is 6.07 Å². The second kappa shape index (κ2) is 13.3. The van der Waals surface area contributed by atoms with Crippen LogP contribution in [-0.2, 0) is 11.8 Å². The number of ether oxygens (including phenoxy) is 1. The summed E-state index contributed by atoms with van der Waals surface area (Å²) in [6, 6.07) is 1.49. The Morgan fingerprint density at radius 3 is 2.29 bits per heavy atom. The van der Waals surface area contributed by atoms with Crippen molar-refractivity contribution in [3.05, 3.63) is 17.5 Å². The molecule has 1 aromatic rings. The van der Waals surface area contributed by atoms with Gasteiger partial charge in [0.05, 0.1) is 6.61 Å². The smallest absolute Gasteiger partial charge is 0.356 e. The van der Waals surface area contributed by atoms with E-state index in [9.17, 15) is 9.59 Å². The van der Waals surface area contributed by atoms with Crippen molar-refractivity contribution < 1.29 is 14.3 Å². The summed E-state index contributed by atoms with van der Waals surface area (Å²) in [5.74, 6) is -0.733. The van der Waals surface area contributed by atoms with E-state index in [1.807, 2.05) is 6.92 Å². The van der Waals surface area contributed by atoms with Crippen molar-refractivity contribution in [3.63, 3.8) is 0 Å². The number of carbonyl (C=O) groups is 2. The molecule has 7 nitrogen and oxygen atoms in total. The third-order valence-corrected chi connectivity index (χ3v) is 4.66. The van der Waals surface area contributed by atoms with Gasteiger partial charge in [0.25, 0.3) is 5.91 Å². The van der Waals surface area contributed by atoms with Crippen LogP contribution in [0.1, 0.15) is 87.2 Å². The minimum absolute atomic E-state index is 0.00352. The van der Waals surface area contributed by atoms with Crippen molar-refractivity contribution in [2.75, 3.05) is 26.2 Å². The number of unbranched alkanes of at least 4 members (excludes halogenated alkanes) is 4. The standard InChI is InChI=1S/C21H38N4O3/c1-6-9-11-13-25(14-12-10-7-2)16-17(4)22-20(26)18-15-19(24(5)23-18)21(27)28-8-3/h15,17H,6-14,16H2,1-5H3,(H,22,26). The average Bonchev–Trinajstić information content (AvgIpc) is 3.04. The van der Waals surface area contributed by atoms with Crippen LogP contribution in [0.2, 0.25) is 0 Å². The lowest BCUT2D eigenvalue weighted by molar-refractivity contribution is 0.0513. The summed E-state index contributed by atoms with van der Waals surface area (Å²) in [5.41, 5.74) is 0.515. The Labute approximate surface area is 169 Å². The van der Waals surface area contributed by atoms with Crippen molar-refractivity contribution in [1.29, 1.82) is 0 Å². The largest absolute Gasteiger partial charge is 0.461 e. The molecule has 0 aliphatic rings. The Balaban J connectivity index is 2.62. The predicted octanol–water partition coefficient (Wildman–Crippen LogP) is 3.40. The van der Waals surface area contributed by atoms with Crippen LogP contribution in [0.4, 0.5) is 0 Å². The average molecular weight is 395 g/mol. The van der Waals surface area contributed by atoms with E-state index >= 15 is 0 Å². The van der Waals surface area contributed by atoms with Crippen LogP contribution in [0.5, 0.6) is 0 Å². The lowest BCUT2D eigenvalue weighted by Gasteiger charge is -2.26. The van der Waals surface area contributed by atoms with Gasteiger partial charge in [-0.05, 0) is 39.8 Å². The molecule has 0 spiro atoms. The second-order valence-corrected chi connectivity index (χ2v) is 7.35. The van der Waals surface area contributed by atoms with Gasteiger partial charge in [0.15, 0.2) is 5.69 Å². The molecule has 160 valence electrons. The first-order valence-electron chi connectivity index (χ1n) is 10.7. The van der Waals surface area contributed by atoms with Gasteiger partial charge in [0.1, 0.15) is 5.69 Å². The van der Waals surface area contributed by atoms with E-state index in [0.717, 1.165) is 19.6 Å². The first-order chi connectivity index (χ1) is 13.4. The summed E-state index contributed by atoms with van der Waals surface area (Å²) in [7, 11) is 1.63. The maximum atomic E-state index is 12.5.